The van der Waals surface area contributed by atoms with Gasteiger partial charge >= 0.3 is 0 Å². The predicted octanol–water partition coefficient (Wildman–Crippen LogP) is 1.83. The summed E-state index contributed by atoms with van der Waals surface area (Å²) in [5.74, 6) is -2.56. The van der Waals surface area contributed by atoms with Crippen LogP contribution in [-0.2, 0) is 20.8 Å². The lowest BCUT2D eigenvalue weighted by Crippen LogP contribution is -2.56. The molecule has 2 rings (SSSR count). The van der Waals surface area contributed by atoms with Gasteiger partial charge in [0, 0.05) is 18.2 Å². The molecule has 3 N–H and O–H groups in total. The Bertz CT molecular complexity index is 987. The number of carbonyl (C=O) groups excluding carboxylic acids is 4. The molecule has 0 aliphatic heterocycles. The standard InChI is InChI=1S/C25H33N5O4/c1-16(2)14-20(28-22(32)18-12-9-13-26-30-18)23(33)27-19(15-17-10-7-6-8-11-17)21(31)24(34)29-25(3,4)5/h6-13,16,19-20H,14-15H2,1-5H3,(H,27,33)(H,28,32)(H,29,34)/t19?,20-/m0/s1. The molecular weight excluding hydrogens is 434 g/mol. The molecule has 1 aromatic carbocycles. The molecular formula is C25H33N5O4. The van der Waals surface area contributed by atoms with Crippen LogP contribution in [0.1, 0.15) is 57.1 Å². The first-order chi connectivity index (χ1) is 16.0. The predicted molar refractivity (Wildman–Crippen MR) is 128 cm³/mol. The van der Waals surface area contributed by atoms with E-state index in [1.807, 2.05) is 44.2 Å². The number of Topliss-reactive ketones (excluding diaryl/α,β-unsaturated/α-hetero) is 1. The molecule has 182 valence electrons. The molecule has 2 aromatic rings. The first-order valence-corrected chi connectivity index (χ1v) is 11.3. The largest absolute Gasteiger partial charge is 0.345 e. The molecule has 0 spiro atoms. The van der Waals surface area contributed by atoms with Gasteiger partial charge in [0.1, 0.15) is 12.1 Å². The molecule has 0 saturated heterocycles. The average molecular weight is 468 g/mol. The Balaban J connectivity index is 2.24. The third-order valence-corrected chi connectivity index (χ3v) is 4.76. The Morgan fingerprint density at radius 1 is 0.912 bits per heavy atom. The summed E-state index contributed by atoms with van der Waals surface area (Å²) in [6.45, 7) is 9.13. The minimum atomic E-state index is -1.10. The number of nitrogens with zero attached hydrogens (tertiary/aromatic N) is 2. The maximum atomic E-state index is 13.2. The second-order valence-corrected chi connectivity index (χ2v) is 9.58. The van der Waals surface area contributed by atoms with E-state index in [2.05, 4.69) is 26.1 Å². The molecule has 0 radical (unpaired) electrons. The SMILES string of the molecule is CC(C)C[C@H](NC(=O)c1cccnn1)C(=O)NC(Cc1ccccc1)C(=O)C(=O)NC(C)(C)C. The number of aromatic nitrogens is 2. The van der Waals surface area contributed by atoms with Crippen molar-refractivity contribution in [3.8, 4) is 0 Å². The second kappa shape index (κ2) is 12.0. The fourth-order valence-corrected chi connectivity index (χ4v) is 3.25. The lowest BCUT2D eigenvalue weighted by Gasteiger charge is -2.25. The molecule has 2 atom stereocenters. The Morgan fingerprint density at radius 2 is 1.59 bits per heavy atom. The van der Waals surface area contributed by atoms with Crippen molar-refractivity contribution in [2.75, 3.05) is 0 Å². The van der Waals surface area contributed by atoms with Gasteiger partial charge in [0.15, 0.2) is 5.69 Å². The molecule has 0 bridgehead atoms. The Labute approximate surface area is 200 Å². The van der Waals surface area contributed by atoms with Crippen molar-refractivity contribution in [2.24, 2.45) is 5.92 Å². The van der Waals surface area contributed by atoms with Crippen LogP contribution in [0, 0.1) is 5.92 Å². The third kappa shape index (κ3) is 8.73. The van der Waals surface area contributed by atoms with Crippen LogP contribution in [0.15, 0.2) is 48.7 Å². The highest BCUT2D eigenvalue weighted by Gasteiger charge is 2.32. The molecule has 3 amide bonds. The Kier molecular flexibility index (Phi) is 9.41. The summed E-state index contributed by atoms with van der Waals surface area (Å²) in [6.07, 6.45) is 1.91. The summed E-state index contributed by atoms with van der Waals surface area (Å²) in [4.78, 5) is 51.4. The van der Waals surface area contributed by atoms with Gasteiger partial charge in [-0.3, -0.25) is 19.2 Å². The number of hydrogen-bond donors (Lipinski definition) is 3. The van der Waals surface area contributed by atoms with Crippen LogP contribution in [0.5, 0.6) is 0 Å². The van der Waals surface area contributed by atoms with E-state index in [0.717, 1.165) is 5.56 Å². The van der Waals surface area contributed by atoms with Crippen molar-refractivity contribution in [1.82, 2.24) is 26.1 Å². The first kappa shape index (κ1) is 26.6. The summed E-state index contributed by atoms with van der Waals surface area (Å²) in [7, 11) is 0. The Morgan fingerprint density at radius 3 is 2.15 bits per heavy atom. The topological polar surface area (TPSA) is 130 Å². The number of amides is 3. The van der Waals surface area contributed by atoms with Crippen LogP contribution >= 0.6 is 0 Å². The van der Waals surface area contributed by atoms with Gasteiger partial charge in [0.25, 0.3) is 11.8 Å². The number of nitrogens with one attached hydrogen (secondary N) is 3. The Hall–Kier alpha value is -3.62. The summed E-state index contributed by atoms with van der Waals surface area (Å²) < 4.78 is 0. The normalized spacial score (nSPS) is 13.0. The number of hydrogen-bond acceptors (Lipinski definition) is 6. The molecule has 34 heavy (non-hydrogen) atoms. The zero-order chi connectivity index (χ0) is 25.3. The third-order valence-electron chi connectivity index (χ3n) is 4.76. The average Bonchev–Trinajstić information content (AvgIpc) is 2.77. The molecule has 1 heterocycles. The zero-order valence-corrected chi connectivity index (χ0v) is 20.3. The van der Waals surface area contributed by atoms with Crippen LogP contribution in [0.3, 0.4) is 0 Å². The van der Waals surface area contributed by atoms with Crippen LogP contribution in [-0.4, -0.2) is 51.3 Å². The van der Waals surface area contributed by atoms with E-state index in [-0.39, 0.29) is 18.0 Å². The quantitative estimate of drug-likeness (QED) is 0.457. The van der Waals surface area contributed by atoms with Crippen LogP contribution < -0.4 is 16.0 Å². The maximum absolute atomic E-state index is 13.2. The van der Waals surface area contributed by atoms with Crippen LogP contribution in [0.2, 0.25) is 0 Å². The number of benzene rings is 1. The van der Waals surface area contributed by atoms with Gasteiger partial charge in [0.05, 0.1) is 0 Å². The first-order valence-electron chi connectivity index (χ1n) is 11.3. The van der Waals surface area contributed by atoms with Crippen LogP contribution in [0.25, 0.3) is 0 Å². The molecule has 1 unspecified atom stereocenters. The highest BCUT2D eigenvalue weighted by molar-refractivity contribution is 6.38. The lowest BCUT2D eigenvalue weighted by molar-refractivity contribution is -0.141. The molecule has 9 nitrogen and oxygen atoms in total. The number of ketones is 1. The molecule has 1 aromatic heterocycles. The van der Waals surface area contributed by atoms with Gasteiger partial charge in [-0.05, 0) is 50.8 Å². The lowest BCUT2D eigenvalue weighted by atomic mass is 9.98. The van der Waals surface area contributed by atoms with E-state index in [1.54, 1.807) is 26.8 Å². The maximum Gasteiger partial charge on any atom is 0.290 e. The molecule has 0 saturated carbocycles. The van der Waals surface area contributed by atoms with E-state index >= 15 is 0 Å². The van der Waals surface area contributed by atoms with Gasteiger partial charge in [-0.25, -0.2) is 0 Å². The van der Waals surface area contributed by atoms with E-state index < -0.39 is 41.1 Å². The van der Waals surface area contributed by atoms with Gasteiger partial charge in [-0.1, -0.05) is 44.2 Å². The fraction of sp³-hybridized carbons (Fsp3) is 0.440. The van der Waals surface area contributed by atoms with Crippen molar-refractivity contribution in [1.29, 1.82) is 0 Å². The summed E-state index contributed by atoms with van der Waals surface area (Å²) in [5.41, 5.74) is 0.248. The molecule has 0 fully saturated rings. The van der Waals surface area contributed by atoms with Gasteiger partial charge in [0.2, 0.25) is 11.7 Å². The van der Waals surface area contributed by atoms with Crippen LogP contribution in [0.4, 0.5) is 0 Å². The van der Waals surface area contributed by atoms with Crippen molar-refractivity contribution in [3.63, 3.8) is 0 Å². The molecule has 0 aliphatic carbocycles. The van der Waals surface area contributed by atoms with Crippen molar-refractivity contribution >= 4 is 23.5 Å². The summed E-state index contributed by atoms with van der Waals surface area (Å²) >= 11 is 0. The minimum Gasteiger partial charge on any atom is -0.345 e. The fourth-order valence-electron chi connectivity index (χ4n) is 3.25. The monoisotopic (exact) mass is 467 g/mol. The van der Waals surface area contributed by atoms with E-state index in [9.17, 15) is 19.2 Å². The highest BCUT2D eigenvalue weighted by Crippen LogP contribution is 2.10. The van der Waals surface area contributed by atoms with Crippen molar-refractivity contribution in [2.45, 2.75) is 65.1 Å². The molecule has 9 heteroatoms. The van der Waals surface area contributed by atoms with Crippen molar-refractivity contribution < 1.29 is 19.2 Å². The van der Waals surface area contributed by atoms with Gasteiger partial charge < -0.3 is 16.0 Å². The van der Waals surface area contributed by atoms with Gasteiger partial charge in [-0.2, -0.15) is 5.10 Å². The van der Waals surface area contributed by atoms with E-state index in [4.69, 9.17) is 0 Å². The number of carbonyl (C=O) groups is 4. The minimum absolute atomic E-state index is 0.0744. The number of rotatable bonds is 10. The van der Waals surface area contributed by atoms with Crippen molar-refractivity contribution in [3.05, 3.63) is 59.9 Å². The summed E-state index contributed by atoms with van der Waals surface area (Å²) in [6, 6.07) is 10.1. The smallest absolute Gasteiger partial charge is 0.290 e. The van der Waals surface area contributed by atoms with Gasteiger partial charge in [-0.15, -0.1) is 5.10 Å². The van der Waals surface area contributed by atoms with E-state index in [0.29, 0.717) is 6.42 Å². The zero-order valence-electron chi connectivity index (χ0n) is 20.3. The highest BCUT2D eigenvalue weighted by atomic mass is 16.2. The second-order valence-electron chi connectivity index (χ2n) is 9.58. The molecule has 0 aliphatic rings. The van der Waals surface area contributed by atoms with E-state index in [1.165, 1.54) is 12.3 Å². The summed E-state index contributed by atoms with van der Waals surface area (Å²) in [5, 5.41) is 15.5.